The van der Waals surface area contributed by atoms with Crippen LogP contribution in [0, 0.1) is 5.41 Å². The van der Waals surface area contributed by atoms with Gasteiger partial charge < -0.3 is 14.6 Å². The molecule has 2 rings (SSSR count). The molecule has 21 heavy (non-hydrogen) atoms. The van der Waals surface area contributed by atoms with E-state index in [1.54, 1.807) is 33.1 Å². The maximum absolute atomic E-state index is 11.4. The van der Waals surface area contributed by atoms with E-state index in [-0.39, 0.29) is 6.10 Å². The van der Waals surface area contributed by atoms with E-state index in [0.717, 1.165) is 24.8 Å². The highest BCUT2D eigenvalue weighted by Crippen LogP contribution is 2.40. The van der Waals surface area contributed by atoms with Crippen molar-refractivity contribution in [2.75, 3.05) is 7.11 Å². The molecule has 1 fully saturated rings. The van der Waals surface area contributed by atoms with Crippen LogP contribution in [0.5, 0.6) is 11.5 Å². The first kappa shape index (κ1) is 16.0. The summed E-state index contributed by atoms with van der Waals surface area (Å²) in [5.74, 6) is 0.336. The van der Waals surface area contributed by atoms with Crippen molar-refractivity contribution < 1.29 is 19.4 Å². The summed E-state index contributed by atoms with van der Waals surface area (Å²) >= 11 is 6.11. The highest BCUT2D eigenvalue weighted by molar-refractivity contribution is 6.30. The van der Waals surface area contributed by atoms with E-state index in [9.17, 15) is 9.90 Å². The Balaban J connectivity index is 2.36. The van der Waals surface area contributed by atoms with E-state index in [2.05, 4.69) is 0 Å². The van der Waals surface area contributed by atoms with E-state index >= 15 is 0 Å². The van der Waals surface area contributed by atoms with E-state index in [0.29, 0.717) is 22.9 Å². The Morgan fingerprint density at radius 3 is 2.57 bits per heavy atom. The number of carboxylic acids is 1. The van der Waals surface area contributed by atoms with Crippen LogP contribution in [0.4, 0.5) is 0 Å². The van der Waals surface area contributed by atoms with Crippen molar-refractivity contribution in [3.05, 3.63) is 22.7 Å². The average molecular weight is 313 g/mol. The van der Waals surface area contributed by atoms with Crippen molar-refractivity contribution >= 4 is 17.6 Å². The van der Waals surface area contributed by atoms with Gasteiger partial charge in [-0.15, -0.1) is 0 Å². The Morgan fingerprint density at radius 1 is 1.43 bits per heavy atom. The number of methoxy groups -OCH3 is 1. The molecule has 1 N–H and O–H groups in total. The molecule has 4 nitrogen and oxygen atoms in total. The normalized spacial score (nSPS) is 15.4. The molecule has 0 atom stereocenters. The fourth-order valence-electron chi connectivity index (χ4n) is 2.25. The highest BCUT2D eigenvalue weighted by Gasteiger charge is 2.31. The predicted octanol–water partition coefficient (Wildman–Crippen LogP) is 3.93. The third-order valence-corrected chi connectivity index (χ3v) is 4.08. The maximum atomic E-state index is 11.4. The number of carbonyl (C=O) groups is 1. The molecular weight excluding hydrogens is 292 g/mol. The van der Waals surface area contributed by atoms with E-state index in [1.165, 1.54) is 0 Å². The molecule has 1 aromatic carbocycles. The molecule has 0 aromatic heterocycles. The van der Waals surface area contributed by atoms with Gasteiger partial charge in [-0.2, -0.15) is 0 Å². The summed E-state index contributed by atoms with van der Waals surface area (Å²) in [7, 11) is 1.56. The van der Waals surface area contributed by atoms with Gasteiger partial charge in [-0.25, -0.2) is 0 Å². The molecule has 0 spiro atoms. The van der Waals surface area contributed by atoms with Crippen molar-refractivity contribution in [3.8, 4) is 11.5 Å². The SMILES string of the molecule is COc1cc(Cl)cc(CC(C)(C)C(=O)O)c1OC1CCC1. The monoisotopic (exact) mass is 312 g/mol. The fourth-order valence-corrected chi connectivity index (χ4v) is 2.48. The van der Waals surface area contributed by atoms with Gasteiger partial charge in [0.2, 0.25) is 0 Å². The van der Waals surface area contributed by atoms with E-state index in [4.69, 9.17) is 21.1 Å². The standard InChI is InChI=1S/C16H21ClO4/c1-16(2,15(18)19)9-10-7-11(17)8-13(20-3)14(10)21-12-5-4-6-12/h7-8,12H,4-6,9H2,1-3H3,(H,18,19). The van der Waals surface area contributed by atoms with Crippen LogP contribution < -0.4 is 9.47 Å². The average Bonchev–Trinajstić information content (AvgIpc) is 2.34. The molecule has 0 unspecified atom stereocenters. The second-order valence-electron chi connectivity index (χ2n) is 6.13. The van der Waals surface area contributed by atoms with Gasteiger partial charge in [0.25, 0.3) is 0 Å². The summed E-state index contributed by atoms with van der Waals surface area (Å²) in [6, 6.07) is 3.47. The molecule has 0 heterocycles. The quantitative estimate of drug-likeness (QED) is 0.864. The lowest BCUT2D eigenvalue weighted by molar-refractivity contribution is -0.146. The van der Waals surface area contributed by atoms with Gasteiger partial charge in [0.15, 0.2) is 11.5 Å². The molecular formula is C16H21ClO4. The third kappa shape index (κ3) is 3.62. The number of hydrogen-bond acceptors (Lipinski definition) is 3. The van der Waals surface area contributed by atoms with Crippen LogP contribution in [0.2, 0.25) is 5.02 Å². The zero-order chi connectivity index (χ0) is 15.6. The lowest BCUT2D eigenvalue weighted by Gasteiger charge is -2.29. The van der Waals surface area contributed by atoms with Gasteiger partial charge in [-0.1, -0.05) is 11.6 Å². The number of benzene rings is 1. The van der Waals surface area contributed by atoms with Crippen LogP contribution in [-0.2, 0) is 11.2 Å². The number of aliphatic carboxylic acids is 1. The number of ether oxygens (including phenoxy) is 2. The summed E-state index contributed by atoms with van der Waals surface area (Å²) in [4.78, 5) is 11.4. The van der Waals surface area contributed by atoms with Crippen LogP contribution in [0.1, 0.15) is 38.7 Å². The van der Waals surface area contributed by atoms with Gasteiger partial charge in [0.05, 0.1) is 18.6 Å². The summed E-state index contributed by atoms with van der Waals surface area (Å²) in [6.45, 7) is 3.38. The summed E-state index contributed by atoms with van der Waals surface area (Å²) in [6.07, 6.45) is 3.73. The van der Waals surface area contributed by atoms with Crippen LogP contribution in [0.15, 0.2) is 12.1 Å². The number of rotatable bonds is 6. The smallest absolute Gasteiger partial charge is 0.309 e. The van der Waals surface area contributed by atoms with Crippen molar-refractivity contribution in [1.82, 2.24) is 0 Å². The van der Waals surface area contributed by atoms with Crippen LogP contribution in [-0.4, -0.2) is 24.3 Å². The van der Waals surface area contributed by atoms with E-state index in [1.807, 2.05) is 0 Å². The molecule has 5 heteroatoms. The molecule has 0 radical (unpaired) electrons. The Labute approximate surface area is 130 Å². The summed E-state index contributed by atoms with van der Waals surface area (Å²) < 4.78 is 11.4. The van der Waals surface area contributed by atoms with Crippen molar-refractivity contribution in [1.29, 1.82) is 0 Å². The molecule has 0 bridgehead atoms. The van der Waals surface area contributed by atoms with Crippen molar-refractivity contribution in [2.45, 2.75) is 45.6 Å². The van der Waals surface area contributed by atoms with Crippen LogP contribution in [0.3, 0.4) is 0 Å². The third-order valence-electron chi connectivity index (χ3n) is 3.86. The minimum atomic E-state index is -0.895. The van der Waals surface area contributed by atoms with Crippen LogP contribution in [0.25, 0.3) is 0 Å². The largest absolute Gasteiger partial charge is 0.493 e. The molecule has 1 aliphatic carbocycles. The van der Waals surface area contributed by atoms with Gasteiger partial charge in [0, 0.05) is 16.7 Å². The molecule has 0 saturated heterocycles. The van der Waals surface area contributed by atoms with Gasteiger partial charge >= 0.3 is 5.97 Å². The summed E-state index contributed by atoms with van der Waals surface area (Å²) in [5, 5.41) is 9.84. The minimum Gasteiger partial charge on any atom is -0.493 e. The van der Waals surface area contributed by atoms with Crippen LogP contribution >= 0.6 is 11.6 Å². The maximum Gasteiger partial charge on any atom is 0.309 e. The van der Waals surface area contributed by atoms with Crippen molar-refractivity contribution in [2.24, 2.45) is 5.41 Å². The second kappa shape index (κ2) is 6.14. The molecule has 1 aliphatic rings. The zero-order valence-corrected chi connectivity index (χ0v) is 13.4. The first-order chi connectivity index (χ1) is 9.83. The van der Waals surface area contributed by atoms with Gasteiger partial charge in [0.1, 0.15) is 0 Å². The molecule has 0 aliphatic heterocycles. The number of halogens is 1. The Hall–Kier alpha value is -1.42. The molecule has 0 amide bonds. The molecule has 116 valence electrons. The lowest BCUT2D eigenvalue weighted by atomic mass is 9.85. The zero-order valence-electron chi connectivity index (χ0n) is 12.6. The lowest BCUT2D eigenvalue weighted by Crippen LogP contribution is -2.28. The Kier molecular flexibility index (Phi) is 4.67. The Morgan fingerprint density at radius 2 is 2.10 bits per heavy atom. The molecule has 1 saturated carbocycles. The van der Waals surface area contributed by atoms with Gasteiger partial charge in [-0.3, -0.25) is 4.79 Å². The van der Waals surface area contributed by atoms with E-state index < -0.39 is 11.4 Å². The minimum absolute atomic E-state index is 0.187. The predicted molar refractivity (Wildman–Crippen MR) is 81.4 cm³/mol. The first-order valence-corrected chi connectivity index (χ1v) is 7.48. The van der Waals surface area contributed by atoms with Crippen molar-refractivity contribution in [3.63, 3.8) is 0 Å². The molecule has 1 aromatic rings. The number of hydrogen-bond donors (Lipinski definition) is 1. The van der Waals surface area contributed by atoms with Gasteiger partial charge in [-0.05, 0) is 45.6 Å². The second-order valence-corrected chi connectivity index (χ2v) is 6.57. The first-order valence-electron chi connectivity index (χ1n) is 7.10. The fraction of sp³-hybridized carbons (Fsp3) is 0.562. The topological polar surface area (TPSA) is 55.8 Å². The highest BCUT2D eigenvalue weighted by atomic mass is 35.5. The Bertz CT molecular complexity index is 535. The number of carboxylic acid groups (broad SMARTS) is 1. The summed E-state index contributed by atoms with van der Waals surface area (Å²) in [5.41, 5.74) is -0.119.